The zero-order chi connectivity index (χ0) is 8.73. The molecular formula is C4H6ClNa3O6. The van der Waals surface area contributed by atoms with E-state index in [2.05, 4.69) is 0 Å². The molecule has 10 heteroatoms. The Morgan fingerprint density at radius 2 is 1.21 bits per heavy atom. The smallest absolute Gasteiger partial charge is 1.00 e. The van der Waals surface area contributed by atoms with Crippen LogP contribution in [-0.2, 0) is 4.79 Å². The van der Waals surface area contributed by atoms with Crippen LogP contribution >= 0.6 is 0 Å². The molecule has 6 nitrogen and oxygen atoms in total. The zero-order valence-electron chi connectivity index (χ0n) is 8.48. The van der Waals surface area contributed by atoms with Crippen LogP contribution < -0.4 is 111 Å². The molecule has 1 atom stereocenters. The first-order valence-electron chi connectivity index (χ1n) is 2.16. The molecule has 0 bridgehead atoms. The van der Waals surface area contributed by atoms with Gasteiger partial charge in [0.1, 0.15) is 0 Å². The van der Waals surface area contributed by atoms with E-state index >= 15 is 0 Å². The van der Waals surface area contributed by atoms with Crippen molar-refractivity contribution >= 4 is 12.1 Å². The Kier molecular flexibility index (Phi) is 62.5. The second-order valence-corrected chi connectivity index (χ2v) is 1.26. The molecular weight excluding hydrogens is 248 g/mol. The van der Waals surface area contributed by atoms with Crippen molar-refractivity contribution in [2.75, 3.05) is 0 Å². The monoisotopic (exact) mass is 254 g/mol. The Morgan fingerprint density at radius 1 is 1.14 bits per heavy atom. The van der Waals surface area contributed by atoms with Crippen LogP contribution in [0, 0.1) is 0 Å². The molecule has 0 amide bonds. The number of aliphatic carboxylic acids is 1. The van der Waals surface area contributed by atoms with Gasteiger partial charge in [0, 0.05) is 0 Å². The minimum Gasteiger partial charge on any atom is -1.00 e. The van der Waals surface area contributed by atoms with Gasteiger partial charge in [0.15, 0.2) is 0 Å². The van der Waals surface area contributed by atoms with Crippen LogP contribution in [0.1, 0.15) is 6.92 Å². The summed E-state index contributed by atoms with van der Waals surface area (Å²) >= 11 is 0. The summed E-state index contributed by atoms with van der Waals surface area (Å²) in [7, 11) is 0. The van der Waals surface area contributed by atoms with Gasteiger partial charge < -0.3 is 42.4 Å². The van der Waals surface area contributed by atoms with Gasteiger partial charge in [-0.15, -0.1) is 0 Å². The fourth-order valence-electron chi connectivity index (χ4n) is 0. The molecule has 0 heterocycles. The van der Waals surface area contributed by atoms with E-state index in [0.717, 1.165) is 6.92 Å². The fourth-order valence-corrected chi connectivity index (χ4v) is 0. The Bertz CT molecular complexity index is 128. The molecule has 2 N–H and O–H groups in total. The Balaban J connectivity index is -0.0000000185. The number of carbonyl (C=O) groups excluding carboxylic acids is 1. The van der Waals surface area contributed by atoms with Gasteiger partial charge in [0.05, 0.1) is 12.1 Å². The first-order chi connectivity index (χ1) is 4.37. The van der Waals surface area contributed by atoms with Gasteiger partial charge in [-0.25, -0.2) is 0 Å². The molecule has 1 unspecified atom stereocenters. The molecule has 0 aliphatic heterocycles. The van der Waals surface area contributed by atoms with Crippen molar-refractivity contribution in [3.8, 4) is 0 Å². The van der Waals surface area contributed by atoms with Crippen LogP contribution in [0.4, 0.5) is 4.79 Å². The summed E-state index contributed by atoms with van der Waals surface area (Å²) in [6.45, 7) is 1.13. The number of halogens is 1. The molecule has 0 rings (SSSR count). The Hall–Kier alpha value is 1.99. The molecule has 0 radical (unpaired) electrons. The largest absolute Gasteiger partial charge is 1.00 e. The summed E-state index contributed by atoms with van der Waals surface area (Å²) in [6.07, 6.45) is -3.43. The molecule has 0 saturated carbocycles. The van der Waals surface area contributed by atoms with Crippen LogP contribution in [0.25, 0.3) is 0 Å². The summed E-state index contributed by atoms with van der Waals surface area (Å²) in [5.41, 5.74) is 0. The maximum absolute atomic E-state index is 9.34. The van der Waals surface area contributed by atoms with Gasteiger partial charge in [-0.05, 0) is 6.92 Å². The van der Waals surface area contributed by atoms with Gasteiger partial charge >= 0.3 is 88.7 Å². The number of carboxylic acids is 1. The third-order valence-corrected chi connectivity index (χ3v) is 0.341. The third-order valence-electron chi connectivity index (χ3n) is 0.341. The molecule has 0 fully saturated rings. The molecule has 0 spiro atoms. The van der Waals surface area contributed by atoms with Gasteiger partial charge in [-0.2, -0.15) is 0 Å². The van der Waals surface area contributed by atoms with E-state index in [1.54, 1.807) is 0 Å². The maximum atomic E-state index is 9.34. The number of carboxylic acid groups (broad SMARTS) is 3. The molecule has 0 aromatic carbocycles. The summed E-state index contributed by atoms with van der Waals surface area (Å²) in [6, 6.07) is 0. The molecule has 0 aromatic rings. The predicted molar refractivity (Wildman–Crippen MR) is 24.7 cm³/mol. The molecule has 14 heavy (non-hydrogen) atoms. The van der Waals surface area contributed by atoms with Gasteiger partial charge in [0.25, 0.3) is 0 Å². The molecule has 0 aromatic heterocycles. The minimum atomic E-state index is -2.08. The normalized spacial score (nSPS) is 7.57. The molecule has 0 aliphatic rings. The van der Waals surface area contributed by atoms with Crippen LogP contribution in [-0.4, -0.2) is 28.4 Å². The van der Waals surface area contributed by atoms with Crippen LogP contribution in [0.15, 0.2) is 0 Å². The van der Waals surface area contributed by atoms with Crippen molar-refractivity contribution in [2.24, 2.45) is 0 Å². The van der Waals surface area contributed by atoms with Gasteiger partial charge in [-0.1, -0.05) is 0 Å². The number of rotatable bonds is 1. The third kappa shape index (κ3) is 65.8. The van der Waals surface area contributed by atoms with E-state index in [-0.39, 0.29) is 101 Å². The Morgan fingerprint density at radius 3 is 1.21 bits per heavy atom. The van der Waals surface area contributed by atoms with Crippen molar-refractivity contribution in [3.63, 3.8) is 0 Å². The first kappa shape index (κ1) is 36.0. The van der Waals surface area contributed by atoms with Crippen molar-refractivity contribution in [1.82, 2.24) is 0 Å². The quantitative estimate of drug-likeness (QED) is 0.448. The van der Waals surface area contributed by atoms with E-state index in [9.17, 15) is 9.90 Å². The standard InChI is InChI=1S/C3H6O3.CH2O3.ClH.3Na/c1-2(4)3(5)6;2-1(3)4;;;;/h2,4H,1H3,(H,5,6);(H2,2,3,4);1H;;;/q;;;3*+1/p-3. The number of aliphatic hydroxyl groups is 1. The van der Waals surface area contributed by atoms with Crippen molar-refractivity contribution in [3.05, 3.63) is 0 Å². The average Bonchev–Trinajstić information content (AvgIpc) is 1.63. The van der Waals surface area contributed by atoms with E-state index in [1.807, 2.05) is 0 Å². The van der Waals surface area contributed by atoms with Gasteiger partial charge in [0.2, 0.25) is 6.16 Å². The van der Waals surface area contributed by atoms with Crippen LogP contribution in [0.2, 0.25) is 0 Å². The van der Waals surface area contributed by atoms with Gasteiger partial charge in [-0.3, -0.25) is 0 Å². The van der Waals surface area contributed by atoms with Crippen molar-refractivity contribution in [1.29, 1.82) is 0 Å². The molecule has 68 valence electrons. The number of hydrogen-bond acceptors (Lipinski definition) is 5. The SMILES string of the molecule is CC(O)C(=O)[O-].O=C([O-])O.[Cl-].[Na+].[Na+].[Na+]. The van der Waals surface area contributed by atoms with E-state index in [4.69, 9.17) is 20.1 Å². The Labute approximate surface area is 154 Å². The van der Waals surface area contributed by atoms with Crippen molar-refractivity contribution < 1.29 is 131 Å². The van der Waals surface area contributed by atoms with Crippen LogP contribution in [0.3, 0.4) is 0 Å². The van der Waals surface area contributed by atoms with E-state index in [1.165, 1.54) is 0 Å². The molecule has 0 aliphatic carbocycles. The second kappa shape index (κ2) is 24.3. The first-order valence-corrected chi connectivity index (χ1v) is 2.16. The van der Waals surface area contributed by atoms with Crippen molar-refractivity contribution in [2.45, 2.75) is 13.0 Å². The fraction of sp³-hybridized carbons (Fsp3) is 0.500. The molecule has 0 saturated heterocycles. The second-order valence-electron chi connectivity index (χ2n) is 1.26. The number of hydrogen-bond donors (Lipinski definition) is 2. The topological polar surface area (TPSA) is 121 Å². The zero-order valence-corrected chi connectivity index (χ0v) is 15.2. The maximum Gasteiger partial charge on any atom is 1.00 e. The predicted octanol–water partition coefficient (Wildman–Crippen LogP) is -15.0. The minimum absolute atomic E-state index is 0. The van der Waals surface area contributed by atoms with E-state index in [0.29, 0.717) is 0 Å². The summed E-state index contributed by atoms with van der Waals surface area (Å²) in [4.78, 5) is 17.8. The number of carbonyl (C=O) groups is 2. The summed E-state index contributed by atoms with van der Waals surface area (Å²) in [5.74, 6) is -1.44. The summed E-state index contributed by atoms with van der Waals surface area (Å²) < 4.78 is 0. The average molecular weight is 255 g/mol. The van der Waals surface area contributed by atoms with E-state index < -0.39 is 18.2 Å². The number of aliphatic hydroxyl groups excluding tert-OH is 1. The van der Waals surface area contributed by atoms with Crippen LogP contribution in [0.5, 0.6) is 0 Å². The summed E-state index contributed by atoms with van der Waals surface area (Å²) in [5, 5.41) is 32.6.